The number of rotatable bonds is 7. The highest BCUT2D eigenvalue weighted by molar-refractivity contribution is 5.77. The van der Waals surface area contributed by atoms with Crippen molar-refractivity contribution in [3.8, 4) is 0 Å². The van der Waals surface area contributed by atoms with Crippen molar-refractivity contribution in [3.63, 3.8) is 0 Å². The predicted octanol–water partition coefficient (Wildman–Crippen LogP) is 2.57. The average molecular weight is 277 g/mol. The molecule has 1 aromatic heterocycles. The lowest BCUT2D eigenvalue weighted by atomic mass is 10.3. The molecule has 1 aliphatic carbocycles. The van der Waals surface area contributed by atoms with E-state index in [2.05, 4.69) is 10.3 Å². The zero-order chi connectivity index (χ0) is 13.9. The van der Waals surface area contributed by atoms with Gasteiger partial charge in [-0.2, -0.15) is 4.98 Å². The summed E-state index contributed by atoms with van der Waals surface area (Å²) in [7, 11) is 0. The van der Waals surface area contributed by atoms with Crippen LogP contribution in [0.2, 0.25) is 0 Å². The molecule has 0 radical (unpaired) electrons. The van der Waals surface area contributed by atoms with Gasteiger partial charge in [0.05, 0.1) is 11.5 Å². The molecule has 106 valence electrons. The number of anilines is 1. The van der Waals surface area contributed by atoms with Crippen LogP contribution in [0.25, 0.3) is 11.1 Å². The molecule has 7 nitrogen and oxygen atoms in total. The van der Waals surface area contributed by atoms with Crippen molar-refractivity contribution in [1.82, 2.24) is 4.98 Å². The number of benzene rings is 1. The zero-order valence-electron chi connectivity index (χ0n) is 10.9. The smallest absolute Gasteiger partial charge is 0.295 e. The van der Waals surface area contributed by atoms with Crippen LogP contribution in [-0.2, 0) is 4.74 Å². The molecule has 0 atom stereocenters. The number of nitrogens with one attached hydrogen (secondary N) is 1. The SMILES string of the molecule is O=[N+]([O-])c1ccc2oc(NCCOCC3CC3)nc2c1. The number of nitro benzene ring substituents is 1. The first-order valence-corrected chi connectivity index (χ1v) is 6.59. The molecular formula is C13H15N3O4. The van der Waals surface area contributed by atoms with Crippen LogP contribution in [0.1, 0.15) is 12.8 Å². The second kappa shape index (κ2) is 5.46. The molecule has 0 aliphatic heterocycles. The van der Waals surface area contributed by atoms with Crippen LogP contribution in [-0.4, -0.2) is 29.7 Å². The van der Waals surface area contributed by atoms with Crippen molar-refractivity contribution < 1.29 is 14.1 Å². The third kappa shape index (κ3) is 3.05. The number of nitrogens with zero attached hydrogens (tertiary/aromatic N) is 2. The van der Waals surface area contributed by atoms with Gasteiger partial charge in [-0.1, -0.05) is 0 Å². The van der Waals surface area contributed by atoms with E-state index in [9.17, 15) is 10.1 Å². The molecule has 7 heteroatoms. The van der Waals surface area contributed by atoms with E-state index in [4.69, 9.17) is 9.15 Å². The van der Waals surface area contributed by atoms with Gasteiger partial charge in [0, 0.05) is 25.3 Å². The van der Waals surface area contributed by atoms with Gasteiger partial charge >= 0.3 is 0 Å². The first kappa shape index (κ1) is 12.9. The van der Waals surface area contributed by atoms with Gasteiger partial charge in [-0.15, -0.1) is 0 Å². The van der Waals surface area contributed by atoms with E-state index in [0.717, 1.165) is 12.5 Å². The van der Waals surface area contributed by atoms with Crippen molar-refractivity contribution in [2.24, 2.45) is 5.92 Å². The second-order valence-corrected chi connectivity index (χ2v) is 4.87. The summed E-state index contributed by atoms with van der Waals surface area (Å²) in [5, 5.41) is 13.7. The van der Waals surface area contributed by atoms with Crippen molar-refractivity contribution in [2.75, 3.05) is 25.1 Å². The summed E-state index contributed by atoms with van der Waals surface area (Å²) < 4.78 is 10.9. The third-order valence-corrected chi connectivity index (χ3v) is 3.16. The molecule has 1 aromatic carbocycles. The van der Waals surface area contributed by atoms with E-state index in [1.807, 2.05) is 0 Å². The second-order valence-electron chi connectivity index (χ2n) is 4.87. The molecular weight excluding hydrogens is 262 g/mol. The van der Waals surface area contributed by atoms with Crippen molar-refractivity contribution >= 4 is 22.8 Å². The summed E-state index contributed by atoms with van der Waals surface area (Å²) >= 11 is 0. The van der Waals surface area contributed by atoms with Gasteiger partial charge in [0.25, 0.3) is 11.7 Å². The monoisotopic (exact) mass is 277 g/mol. The van der Waals surface area contributed by atoms with Gasteiger partial charge in [-0.3, -0.25) is 10.1 Å². The maximum absolute atomic E-state index is 10.7. The molecule has 1 heterocycles. The molecule has 20 heavy (non-hydrogen) atoms. The van der Waals surface area contributed by atoms with E-state index in [-0.39, 0.29) is 5.69 Å². The Morgan fingerprint density at radius 3 is 3.10 bits per heavy atom. The lowest BCUT2D eigenvalue weighted by molar-refractivity contribution is -0.384. The lowest BCUT2D eigenvalue weighted by Crippen LogP contribution is -2.10. The number of hydrogen-bond donors (Lipinski definition) is 1. The quantitative estimate of drug-likeness (QED) is 0.475. The van der Waals surface area contributed by atoms with Crippen LogP contribution in [0.5, 0.6) is 0 Å². The molecule has 0 bridgehead atoms. The Morgan fingerprint density at radius 1 is 1.50 bits per heavy atom. The van der Waals surface area contributed by atoms with Gasteiger partial charge in [-0.05, 0) is 24.8 Å². The Kier molecular flexibility index (Phi) is 3.51. The number of fused-ring (bicyclic) bond motifs is 1. The Labute approximate surface area is 115 Å². The number of non-ortho nitro benzene ring substituents is 1. The molecule has 2 aromatic rings. The normalized spacial score (nSPS) is 14.6. The van der Waals surface area contributed by atoms with Crippen molar-refractivity contribution in [2.45, 2.75) is 12.8 Å². The topological polar surface area (TPSA) is 90.4 Å². The molecule has 3 rings (SSSR count). The van der Waals surface area contributed by atoms with Gasteiger partial charge in [0.15, 0.2) is 5.58 Å². The minimum Gasteiger partial charge on any atom is -0.424 e. The highest BCUT2D eigenvalue weighted by Gasteiger charge is 2.20. The molecule has 0 saturated heterocycles. The van der Waals surface area contributed by atoms with Gasteiger partial charge in [-0.25, -0.2) is 0 Å². The van der Waals surface area contributed by atoms with Crippen LogP contribution in [0, 0.1) is 16.0 Å². The standard InChI is InChI=1S/C13H15N3O4/c17-16(18)10-3-4-12-11(7-10)15-13(20-12)14-5-6-19-8-9-1-2-9/h3-4,7,9H,1-2,5-6,8H2,(H,14,15). The maximum Gasteiger partial charge on any atom is 0.295 e. The Balaban J connectivity index is 1.55. The molecule has 0 unspecified atom stereocenters. The molecule has 1 N–H and O–H groups in total. The largest absolute Gasteiger partial charge is 0.424 e. The first-order valence-electron chi connectivity index (χ1n) is 6.59. The summed E-state index contributed by atoms with van der Waals surface area (Å²) in [5.41, 5.74) is 1.00. The van der Waals surface area contributed by atoms with Crippen LogP contribution in [0.15, 0.2) is 22.6 Å². The molecule has 1 saturated carbocycles. The number of aromatic nitrogens is 1. The fourth-order valence-electron chi connectivity index (χ4n) is 1.87. The van der Waals surface area contributed by atoms with Gasteiger partial charge < -0.3 is 14.5 Å². The highest BCUT2D eigenvalue weighted by atomic mass is 16.6. The van der Waals surface area contributed by atoms with E-state index >= 15 is 0 Å². The van der Waals surface area contributed by atoms with Crippen LogP contribution >= 0.6 is 0 Å². The van der Waals surface area contributed by atoms with E-state index in [0.29, 0.717) is 30.3 Å². The number of hydrogen-bond acceptors (Lipinski definition) is 6. The summed E-state index contributed by atoms with van der Waals surface area (Å²) in [6, 6.07) is 4.70. The maximum atomic E-state index is 10.7. The summed E-state index contributed by atoms with van der Waals surface area (Å²) in [5.74, 6) is 0.750. The Hall–Kier alpha value is -2.15. The lowest BCUT2D eigenvalue weighted by Gasteiger charge is -2.02. The molecule has 1 fully saturated rings. The summed E-state index contributed by atoms with van der Waals surface area (Å²) in [4.78, 5) is 14.4. The molecule has 0 spiro atoms. The molecule has 1 aliphatic rings. The fraction of sp³-hybridized carbons (Fsp3) is 0.462. The summed E-state index contributed by atoms with van der Waals surface area (Å²) in [6.45, 7) is 2.01. The number of oxazole rings is 1. The van der Waals surface area contributed by atoms with Gasteiger partial charge in [0.1, 0.15) is 5.52 Å². The minimum atomic E-state index is -0.451. The summed E-state index contributed by atoms with van der Waals surface area (Å²) in [6.07, 6.45) is 2.55. The average Bonchev–Trinajstić information content (AvgIpc) is 3.16. The van der Waals surface area contributed by atoms with Gasteiger partial charge in [0.2, 0.25) is 0 Å². The number of ether oxygens (including phenoxy) is 1. The van der Waals surface area contributed by atoms with Crippen molar-refractivity contribution in [1.29, 1.82) is 0 Å². The van der Waals surface area contributed by atoms with E-state index in [1.165, 1.54) is 25.0 Å². The highest BCUT2D eigenvalue weighted by Crippen LogP contribution is 2.28. The van der Waals surface area contributed by atoms with Crippen LogP contribution < -0.4 is 5.32 Å². The Morgan fingerprint density at radius 2 is 2.35 bits per heavy atom. The van der Waals surface area contributed by atoms with E-state index in [1.54, 1.807) is 6.07 Å². The van der Waals surface area contributed by atoms with E-state index < -0.39 is 4.92 Å². The zero-order valence-corrected chi connectivity index (χ0v) is 10.9. The third-order valence-electron chi connectivity index (χ3n) is 3.16. The number of nitro groups is 1. The first-order chi connectivity index (χ1) is 9.72. The van der Waals surface area contributed by atoms with Crippen LogP contribution in [0.4, 0.5) is 11.7 Å². The minimum absolute atomic E-state index is 0.00474. The van der Waals surface area contributed by atoms with Crippen molar-refractivity contribution in [3.05, 3.63) is 28.3 Å². The molecule has 0 amide bonds. The van der Waals surface area contributed by atoms with Crippen LogP contribution in [0.3, 0.4) is 0 Å². The predicted molar refractivity (Wildman–Crippen MR) is 72.7 cm³/mol. The Bertz CT molecular complexity index is 621. The fourth-order valence-corrected chi connectivity index (χ4v) is 1.87.